The van der Waals surface area contributed by atoms with Crippen molar-refractivity contribution in [3.05, 3.63) is 84.2 Å². The molecule has 3 aromatic carbocycles. The van der Waals surface area contributed by atoms with Gasteiger partial charge in [0.05, 0.1) is 11.0 Å². The van der Waals surface area contributed by atoms with Gasteiger partial charge in [0.2, 0.25) is 0 Å². The van der Waals surface area contributed by atoms with Gasteiger partial charge >= 0.3 is 6.16 Å². The molecule has 0 aliphatic heterocycles. The lowest BCUT2D eigenvalue weighted by molar-refractivity contribution is 0.144. The molecule has 1 unspecified atom stereocenters. The van der Waals surface area contributed by atoms with Gasteiger partial charge in [0.15, 0.2) is 11.6 Å². The minimum Gasteiger partial charge on any atom is -0.616 e. The Morgan fingerprint density at radius 2 is 1.78 bits per heavy atom. The number of ether oxygens (including phenoxy) is 1. The Labute approximate surface area is 189 Å². The summed E-state index contributed by atoms with van der Waals surface area (Å²) in [7, 11) is 0. The lowest BCUT2D eigenvalue weighted by atomic mass is 10.0. The second-order valence-electron chi connectivity index (χ2n) is 7.45. The number of aromatic nitrogens is 2. The lowest BCUT2D eigenvalue weighted by Gasteiger charge is -2.13. The number of hydrogen-bond donors (Lipinski definition) is 1. The number of nitrogens with zero attached hydrogens (tertiary/aromatic N) is 2. The Hall–Kier alpha value is -3.29. The Morgan fingerprint density at radius 3 is 2.53 bits per heavy atom. The standard InChI is InChI=1S/C25H24N2O4S/c1-2-15-32(30)17-24-26-21-8-4-5-9-22(21)27(24)16-18-11-13-19(14-12-18)20-7-3-6-10-23(20)31-25(28)29/h3-14H,2,15-17H2,1H3,(H,28,29). The van der Waals surface area contributed by atoms with Crippen LogP contribution >= 0.6 is 0 Å². The van der Waals surface area contributed by atoms with Gasteiger partial charge in [-0.2, -0.15) is 0 Å². The largest absolute Gasteiger partial charge is 0.616 e. The Balaban J connectivity index is 1.62. The Bertz CT molecular complexity index is 1220. The second-order valence-corrected chi connectivity index (χ2v) is 9.03. The lowest BCUT2D eigenvalue weighted by Crippen LogP contribution is -2.14. The molecule has 0 saturated heterocycles. The summed E-state index contributed by atoms with van der Waals surface area (Å²) in [5, 5.41) is 8.98. The van der Waals surface area contributed by atoms with E-state index in [1.165, 1.54) is 0 Å². The molecule has 4 aromatic rings. The van der Waals surface area contributed by atoms with Crippen LogP contribution in [-0.4, -0.2) is 31.1 Å². The first-order valence-electron chi connectivity index (χ1n) is 10.4. The fraction of sp³-hybridized carbons (Fsp3) is 0.200. The summed E-state index contributed by atoms with van der Waals surface area (Å²) in [6.45, 7) is 2.63. The highest BCUT2D eigenvalue weighted by Gasteiger charge is 2.17. The fourth-order valence-electron chi connectivity index (χ4n) is 3.72. The van der Waals surface area contributed by atoms with E-state index in [1.54, 1.807) is 12.1 Å². The van der Waals surface area contributed by atoms with Crippen molar-refractivity contribution in [2.45, 2.75) is 25.6 Å². The smallest absolute Gasteiger partial charge is 0.511 e. The number of imidazole rings is 1. The van der Waals surface area contributed by atoms with Gasteiger partial charge in [-0.25, -0.2) is 9.78 Å². The number of fused-ring (bicyclic) bond motifs is 1. The maximum Gasteiger partial charge on any atom is 0.511 e. The summed E-state index contributed by atoms with van der Waals surface area (Å²) < 4.78 is 19.4. The average Bonchev–Trinajstić information content (AvgIpc) is 3.11. The van der Waals surface area contributed by atoms with E-state index in [2.05, 4.69) is 4.57 Å². The van der Waals surface area contributed by atoms with Crippen LogP contribution in [-0.2, 0) is 23.5 Å². The molecular weight excluding hydrogens is 424 g/mol. The van der Waals surface area contributed by atoms with Crippen LogP contribution in [0.25, 0.3) is 22.2 Å². The molecule has 1 heterocycles. The summed E-state index contributed by atoms with van der Waals surface area (Å²) in [5.74, 6) is 2.22. The fourth-order valence-corrected chi connectivity index (χ4v) is 4.82. The molecule has 1 aromatic heterocycles. The van der Waals surface area contributed by atoms with Crippen molar-refractivity contribution in [3.8, 4) is 16.9 Å². The minimum absolute atomic E-state index is 0.300. The van der Waals surface area contributed by atoms with Crippen LogP contribution in [0.3, 0.4) is 0 Å². The maximum absolute atomic E-state index is 12.4. The average molecular weight is 449 g/mol. The van der Waals surface area contributed by atoms with Gasteiger partial charge in [-0.05, 0) is 46.9 Å². The van der Waals surface area contributed by atoms with Crippen LogP contribution in [0.1, 0.15) is 24.7 Å². The number of benzene rings is 3. The molecule has 0 spiro atoms. The Morgan fingerprint density at radius 1 is 1.06 bits per heavy atom. The second kappa shape index (κ2) is 9.89. The highest BCUT2D eigenvalue weighted by molar-refractivity contribution is 7.90. The molecule has 0 amide bonds. The van der Waals surface area contributed by atoms with Crippen molar-refractivity contribution in [1.29, 1.82) is 0 Å². The first-order valence-corrected chi connectivity index (χ1v) is 11.9. The summed E-state index contributed by atoms with van der Waals surface area (Å²) in [6, 6.07) is 22.9. The molecule has 32 heavy (non-hydrogen) atoms. The van der Waals surface area contributed by atoms with E-state index < -0.39 is 17.3 Å². The molecule has 4 rings (SSSR count). The van der Waals surface area contributed by atoms with Crippen molar-refractivity contribution >= 4 is 28.4 Å². The van der Waals surface area contributed by atoms with Gasteiger partial charge in [0, 0.05) is 12.1 Å². The van der Waals surface area contributed by atoms with Crippen LogP contribution in [0.4, 0.5) is 4.79 Å². The zero-order chi connectivity index (χ0) is 22.5. The molecule has 0 aliphatic carbocycles. The normalized spacial score (nSPS) is 12.1. The summed E-state index contributed by atoms with van der Waals surface area (Å²) in [6.07, 6.45) is -0.462. The highest BCUT2D eigenvalue weighted by atomic mass is 32.2. The van der Waals surface area contributed by atoms with Crippen LogP contribution < -0.4 is 4.74 Å². The van der Waals surface area contributed by atoms with Gasteiger partial charge in [-0.15, -0.1) is 0 Å². The van der Waals surface area contributed by atoms with E-state index in [0.29, 0.717) is 29.4 Å². The van der Waals surface area contributed by atoms with Crippen LogP contribution in [0.5, 0.6) is 5.75 Å². The molecule has 0 radical (unpaired) electrons. The van der Waals surface area contributed by atoms with Gasteiger partial charge in [-0.1, -0.05) is 61.5 Å². The number of rotatable bonds is 8. The molecule has 0 bridgehead atoms. The first-order chi connectivity index (χ1) is 15.5. The number of hydrogen-bond acceptors (Lipinski definition) is 4. The third kappa shape index (κ3) is 4.95. The molecule has 6 nitrogen and oxygen atoms in total. The van der Waals surface area contributed by atoms with Crippen LogP contribution in [0, 0.1) is 0 Å². The van der Waals surface area contributed by atoms with Crippen molar-refractivity contribution in [3.63, 3.8) is 0 Å². The van der Waals surface area contributed by atoms with E-state index in [4.69, 9.17) is 14.8 Å². The number of carboxylic acid groups (broad SMARTS) is 1. The van der Waals surface area contributed by atoms with Gasteiger partial charge < -0.3 is 19.0 Å². The van der Waals surface area contributed by atoms with Crippen LogP contribution in [0.15, 0.2) is 72.8 Å². The van der Waals surface area contributed by atoms with Crippen LogP contribution in [0.2, 0.25) is 0 Å². The quantitative estimate of drug-likeness (QED) is 0.219. The molecular formula is C25H24N2O4S. The molecule has 0 fully saturated rings. The Kier molecular flexibility index (Phi) is 6.78. The third-order valence-corrected chi connectivity index (χ3v) is 6.59. The zero-order valence-corrected chi connectivity index (χ0v) is 18.5. The van der Waals surface area contributed by atoms with E-state index in [0.717, 1.165) is 34.4 Å². The maximum atomic E-state index is 12.4. The number of carbonyl (C=O) groups is 1. The highest BCUT2D eigenvalue weighted by Crippen LogP contribution is 2.30. The molecule has 164 valence electrons. The summed E-state index contributed by atoms with van der Waals surface area (Å²) in [4.78, 5) is 15.7. The number of para-hydroxylation sites is 3. The van der Waals surface area contributed by atoms with Crippen molar-refractivity contribution in [2.75, 3.05) is 5.75 Å². The van der Waals surface area contributed by atoms with Gasteiger partial charge in [0.25, 0.3) is 0 Å². The van der Waals surface area contributed by atoms with E-state index in [-0.39, 0.29) is 0 Å². The molecule has 1 N–H and O–H groups in total. The minimum atomic E-state index is -1.34. The molecule has 0 aliphatic rings. The third-order valence-electron chi connectivity index (χ3n) is 5.15. The first kappa shape index (κ1) is 21.9. The predicted molar refractivity (Wildman–Crippen MR) is 126 cm³/mol. The molecule has 0 saturated carbocycles. The van der Waals surface area contributed by atoms with E-state index in [9.17, 15) is 9.35 Å². The van der Waals surface area contributed by atoms with E-state index >= 15 is 0 Å². The summed E-state index contributed by atoms with van der Waals surface area (Å²) in [5.41, 5.74) is 4.55. The molecule has 7 heteroatoms. The van der Waals surface area contributed by atoms with Gasteiger partial charge in [0.1, 0.15) is 11.5 Å². The van der Waals surface area contributed by atoms with Gasteiger partial charge in [-0.3, -0.25) is 0 Å². The topological polar surface area (TPSA) is 87.4 Å². The zero-order valence-electron chi connectivity index (χ0n) is 17.7. The monoisotopic (exact) mass is 448 g/mol. The predicted octanol–water partition coefficient (Wildman–Crippen LogP) is 5.47. The SMILES string of the molecule is CCC[S+]([O-])Cc1nc2ccccc2n1Cc1ccc(-c2ccccc2OC(=O)O)cc1. The van der Waals surface area contributed by atoms with E-state index in [1.807, 2.05) is 67.6 Å². The van der Waals surface area contributed by atoms with Crippen molar-refractivity contribution < 1.29 is 19.2 Å². The molecule has 1 atom stereocenters. The van der Waals surface area contributed by atoms with Crippen molar-refractivity contribution in [1.82, 2.24) is 9.55 Å². The summed E-state index contributed by atoms with van der Waals surface area (Å²) >= 11 is -0.947. The van der Waals surface area contributed by atoms with Crippen molar-refractivity contribution in [2.24, 2.45) is 0 Å².